The highest BCUT2D eigenvalue weighted by Crippen LogP contribution is 2.30. The zero-order chi connectivity index (χ0) is 14.6. The lowest BCUT2D eigenvalue weighted by Gasteiger charge is -2.20. The van der Waals surface area contributed by atoms with Gasteiger partial charge in [-0.1, -0.05) is 23.7 Å². The second kappa shape index (κ2) is 6.28. The summed E-state index contributed by atoms with van der Waals surface area (Å²) in [7, 11) is 0. The van der Waals surface area contributed by atoms with E-state index in [0.29, 0.717) is 16.4 Å². The predicted molar refractivity (Wildman–Crippen MR) is 70.3 cm³/mol. The van der Waals surface area contributed by atoms with Crippen molar-refractivity contribution in [2.45, 2.75) is 25.2 Å². The highest BCUT2D eigenvalue weighted by Gasteiger charge is 2.32. The van der Waals surface area contributed by atoms with Crippen molar-refractivity contribution in [2.75, 3.05) is 0 Å². The number of nitrogens with one attached hydrogen (secondary N) is 2. The lowest BCUT2D eigenvalue weighted by molar-refractivity contribution is -0.140. The Labute approximate surface area is 119 Å². The molecule has 1 atom stereocenters. The number of rotatable bonds is 5. The van der Waals surface area contributed by atoms with Crippen LogP contribution in [0.5, 0.6) is 0 Å². The number of hydrogen-bond acceptors (Lipinski definition) is 2. The van der Waals surface area contributed by atoms with Crippen LogP contribution in [0, 0.1) is 0 Å². The minimum absolute atomic E-state index is 0.233. The summed E-state index contributed by atoms with van der Waals surface area (Å²) in [5.41, 5.74) is 0.540. The highest BCUT2D eigenvalue weighted by atomic mass is 35.5. The summed E-state index contributed by atoms with van der Waals surface area (Å²) in [6.07, 6.45) is -2.02. The lowest BCUT2D eigenvalue weighted by atomic mass is 10.0. The Morgan fingerprint density at radius 2 is 1.95 bits per heavy atom. The average Bonchev–Trinajstić information content (AvgIpc) is 2.87. The fourth-order valence-electron chi connectivity index (χ4n) is 1.85. The number of nitrogens with zero attached hydrogens (tertiary/aromatic N) is 1. The molecule has 2 N–H and O–H groups in total. The average molecular weight is 304 g/mol. The summed E-state index contributed by atoms with van der Waals surface area (Å²) in [4.78, 5) is 6.81. The van der Waals surface area contributed by atoms with Crippen LogP contribution in [0.3, 0.4) is 0 Å². The number of aromatic amines is 1. The van der Waals surface area contributed by atoms with E-state index < -0.39 is 18.6 Å². The number of halogens is 4. The molecule has 7 heteroatoms. The molecule has 2 rings (SSSR count). The van der Waals surface area contributed by atoms with Crippen LogP contribution in [0.4, 0.5) is 13.2 Å². The minimum Gasteiger partial charge on any atom is -0.348 e. The number of alkyl halides is 3. The molecule has 108 valence electrons. The van der Waals surface area contributed by atoms with E-state index in [2.05, 4.69) is 15.3 Å². The summed E-state index contributed by atoms with van der Waals surface area (Å²) >= 11 is 5.75. The van der Waals surface area contributed by atoms with Gasteiger partial charge in [-0.3, -0.25) is 0 Å². The molecule has 0 amide bonds. The van der Waals surface area contributed by atoms with Crippen molar-refractivity contribution in [3.8, 4) is 0 Å². The van der Waals surface area contributed by atoms with Gasteiger partial charge in [0.05, 0.1) is 13.0 Å². The lowest BCUT2D eigenvalue weighted by Crippen LogP contribution is -2.26. The molecule has 0 aliphatic carbocycles. The number of H-pyrrole nitrogens is 1. The molecular weight excluding hydrogens is 291 g/mol. The fraction of sp³-hybridized carbons (Fsp3) is 0.308. The molecule has 0 aliphatic heterocycles. The monoisotopic (exact) mass is 303 g/mol. The van der Waals surface area contributed by atoms with E-state index in [-0.39, 0.29) is 6.54 Å². The van der Waals surface area contributed by atoms with E-state index in [9.17, 15) is 13.2 Å². The molecule has 20 heavy (non-hydrogen) atoms. The summed E-state index contributed by atoms with van der Waals surface area (Å²) in [6.45, 7) is 0.233. The van der Waals surface area contributed by atoms with Gasteiger partial charge in [0.2, 0.25) is 0 Å². The second-order valence-electron chi connectivity index (χ2n) is 4.34. The van der Waals surface area contributed by atoms with Gasteiger partial charge in [0, 0.05) is 23.5 Å². The van der Waals surface area contributed by atoms with Gasteiger partial charge >= 0.3 is 6.18 Å². The molecule has 0 saturated carbocycles. The quantitative estimate of drug-likeness (QED) is 0.881. The molecule has 0 aliphatic rings. The molecule has 1 unspecified atom stereocenters. The van der Waals surface area contributed by atoms with Crippen LogP contribution in [0.2, 0.25) is 5.02 Å². The molecule has 0 spiro atoms. The zero-order valence-corrected chi connectivity index (χ0v) is 11.2. The number of imidazole rings is 1. The summed E-state index contributed by atoms with van der Waals surface area (Å²) < 4.78 is 37.9. The number of benzene rings is 1. The van der Waals surface area contributed by atoms with Crippen molar-refractivity contribution >= 4 is 11.6 Å². The van der Waals surface area contributed by atoms with Crippen LogP contribution in [0.15, 0.2) is 36.7 Å². The third-order valence-electron chi connectivity index (χ3n) is 2.78. The number of aromatic nitrogens is 2. The smallest absolute Gasteiger partial charge is 0.348 e. The molecule has 0 radical (unpaired) electrons. The zero-order valence-electron chi connectivity index (χ0n) is 10.4. The predicted octanol–water partition coefficient (Wildman–Crippen LogP) is 3.85. The first-order valence-electron chi connectivity index (χ1n) is 5.98. The minimum atomic E-state index is -4.25. The van der Waals surface area contributed by atoms with E-state index in [1.165, 1.54) is 0 Å². The van der Waals surface area contributed by atoms with Crippen molar-refractivity contribution in [1.82, 2.24) is 15.3 Å². The van der Waals surface area contributed by atoms with E-state index in [4.69, 9.17) is 11.6 Å². The van der Waals surface area contributed by atoms with Gasteiger partial charge in [0.15, 0.2) is 0 Å². The Balaban J connectivity index is 2.09. The Morgan fingerprint density at radius 1 is 1.25 bits per heavy atom. The summed E-state index contributed by atoms with van der Waals surface area (Å²) in [6, 6.07) is 5.50. The van der Waals surface area contributed by atoms with E-state index in [0.717, 1.165) is 0 Å². The first-order chi connectivity index (χ1) is 9.44. The van der Waals surface area contributed by atoms with Crippen molar-refractivity contribution in [2.24, 2.45) is 0 Å². The molecule has 3 nitrogen and oxygen atoms in total. The summed E-state index contributed by atoms with van der Waals surface area (Å²) in [5.74, 6) is 0.589. The highest BCUT2D eigenvalue weighted by molar-refractivity contribution is 6.30. The first-order valence-corrected chi connectivity index (χ1v) is 6.36. The van der Waals surface area contributed by atoms with Crippen molar-refractivity contribution in [3.63, 3.8) is 0 Å². The van der Waals surface area contributed by atoms with Gasteiger partial charge in [0.25, 0.3) is 0 Å². The van der Waals surface area contributed by atoms with Crippen LogP contribution in [-0.4, -0.2) is 16.1 Å². The molecule has 0 bridgehead atoms. The SMILES string of the molecule is FC(F)(F)CC(NCc1ncc[nH]1)c1ccc(Cl)cc1. The Hall–Kier alpha value is -1.53. The van der Waals surface area contributed by atoms with Crippen LogP contribution >= 0.6 is 11.6 Å². The van der Waals surface area contributed by atoms with Gasteiger partial charge in [-0.2, -0.15) is 13.2 Å². The van der Waals surface area contributed by atoms with Gasteiger partial charge < -0.3 is 10.3 Å². The van der Waals surface area contributed by atoms with Crippen molar-refractivity contribution < 1.29 is 13.2 Å². The largest absolute Gasteiger partial charge is 0.390 e. The van der Waals surface area contributed by atoms with Crippen molar-refractivity contribution in [3.05, 3.63) is 53.1 Å². The summed E-state index contributed by atoms with van der Waals surface area (Å²) in [5, 5.41) is 3.35. The second-order valence-corrected chi connectivity index (χ2v) is 4.78. The Bertz CT molecular complexity index is 523. The molecular formula is C13H13ClF3N3. The van der Waals surface area contributed by atoms with E-state index >= 15 is 0 Å². The van der Waals surface area contributed by atoms with Gasteiger partial charge in [-0.25, -0.2) is 4.98 Å². The standard InChI is InChI=1S/C13H13ClF3N3/c14-10-3-1-9(2-4-10)11(7-13(15,16)17)20-8-12-18-5-6-19-12/h1-6,11,20H,7-8H2,(H,18,19). The molecule has 1 aromatic heterocycles. The normalized spacial score (nSPS) is 13.4. The number of hydrogen-bond donors (Lipinski definition) is 2. The van der Waals surface area contributed by atoms with Crippen LogP contribution < -0.4 is 5.32 Å². The Morgan fingerprint density at radius 3 is 2.50 bits per heavy atom. The fourth-order valence-corrected chi connectivity index (χ4v) is 1.97. The van der Waals surface area contributed by atoms with Crippen LogP contribution in [0.1, 0.15) is 23.9 Å². The van der Waals surface area contributed by atoms with Gasteiger partial charge in [0.1, 0.15) is 5.82 Å². The third-order valence-corrected chi connectivity index (χ3v) is 3.03. The molecule has 1 heterocycles. The maximum Gasteiger partial charge on any atom is 0.390 e. The van der Waals surface area contributed by atoms with Gasteiger partial charge in [-0.05, 0) is 17.7 Å². The molecule has 2 aromatic rings. The Kier molecular flexibility index (Phi) is 4.67. The molecule has 0 fully saturated rings. The van der Waals surface area contributed by atoms with Crippen LogP contribution in [0.25, 0.3) is 0 Å². The van der Waals surface area contributed by atoms with E-state index in [1.807, 2.05) is 0 Å². The van der Waals surface area contributed by atoms with E-state index in [1.54, 1.807) is 36.7 Å². The third kappa shape index (κ3) is 4.54. The molecule has 1 aromatic carbocycles. The molecule has 0 saturated heterocycles. The first kappa shape index (κ1) is 14.9. The van der Waals surface area contributed by atoms with Crippen LogP contribution in [-0.2, 0) is 6.54 Å². The van der Waals surface area contributed by atoms with Crippen molar-refractivity contribution in [1.29, 1.82) is 0 Å². The van der Waals surface area contributed by atoms with Gasteiger partial charge in [-0.15, -0.1) is 0 Å². The maximum atomic E-state index is 12.6. The maximum absolute atomic E-state index is 12.6. The topological polar surface area (TPSA) is 40.7 Å².